The van der Waals surface area contributed by atoms with Gasteiger partial charge in [0.25, 0.3) is 0 Å². The van der Waals surface area contributed by atoms with E-state index >= 15 is 0 Å². The first-order chi connectivity index (χ1) is 8.13. The van der Waals surface area contributed by atoms with Crippen molar-refractivity contribution in [2.24, 2.45) is 0 Å². The molecule has 0 saturated carbocycles. The molecule has 0 radical (unpaired) electrons. The maximum Gasteiger partial charge on any atom is 0.235 e. The van der Waals surface area contributed by atoms with Crippen LogP contribution in [-0.2, 0) is 18.9 Å². The van der Waals surface area contributed by atoms with Gasteiger partial charge in [0.05, 0.1) is 13.2 Å². The Morgan fingerprint density at radius 2 is 2.18 bits per heavy atom. The van der Waals surface area contributed by atoms with Crippen LogP contribution in [0.1, 0.15) is 13.3 Å². The summed E-state index contributed by atoms with van der Waals surface area (Å²) >= 11 is 0. The highest BCUT2D eigenvalue weighted by atomic mass is 16.8. The van der Waals surface area contributed by atoms with E-state index in [-0.39, 0.29) is 6.04 Å². The van der Waals surface area contributed by atoms with Crippen LogP contribution in [0.25, 0.3) is 0 Å². The molecule has 0 aromatic heterocycles. The molecule has 0 bridgehead atoms. The zero-order chi connectivity index (χ0) is 12.5. The fourth-order valence-corrected chi connectivity index (χ4v) is 2.54. The monoisotopic (exact) mass is 247 g/mol. The average molecular weight is 247 g/mol. The van der Waals surface area contributed by atoms with Gasteiger partial charge in [-0.1, -0.05) is 0 Å². The molecule has 100 valence electrons. The van der Waals surface area contributed by atoms with E-state index in [9.17, 15) is 5.11 Å². The lowest BCUT2D eigenvalue weighted by Gasteiger charge is -2.44. The molecule has 0 aromatic carbocycles. The van der Waals surface area contributed by atoms with Crippen molar-refractivity contribution < 1.29 is 24.1 Å². The van der Waals surface area contributed by atoms with Gasteiger partial charge in [0.15, 0.2) is 6.29 Å². The van der Waals surface area contributed by atoms with Gasteiger partial charge in [-0.25, -0.2) is 4.90 Å². The lowest BCUT2D eigenvalue weighted by Crippen LogP contribution is -2.58. The largest absolute Gasteiger partial charge is 0.388 e. The first-order valence-corrected chi connectivity index (χ1v) is 5.91. The van der Waals surface area contributed by atoms with E-state index in [0.717, 1.165) is 6.54 Å². The molecular weight excluding hydrogens is 226 g/mol. The molecule has 6 heteroatoms. The summed E-state index contributed by atoms with van der Waals surface area (Å²) in [6, 6.07) is 0.187. The number of hydrogen-bond acceptors (Lipinski definition) is 6. The fourth-order valence-electron chi connectivity index (χ4n) is 2.54. The standard InChI is InChI=1S/C11H21NO5/c1-8-7-16-5-4-12(8)11(15-3)6-9(13)10(14-2)17-11/h8-10,13H,4-7H2,1-3H3. The summed E-state index contributed by atoms with van der Waals surface area (Å²) < 4.78 is 21.8. The van der Waals surface area contributed by atoms with Gasteiger partial charge in [-0.3, -0.25) is 0 Å². The molecule has 1 N–H and O–H groups in total. The third-order valence-electron chi connectivity index (χ3n) is 3.44. The molecule has 6 nitrogen and oxygen atoms in total. The molecule has 4 unspecified atom stereocenters. The molecule has 2 rings (SSSR count). The van der Waals surface area contributed by atoms with Gasteiger partial charge in [0.2, 0.25) is 5.91 Å². The Kier molecular flexibility index (Phi) is 4.02. The normalized spacial score (nSPS) is 44.1. The first kappa shape index (κ1) is 13.2. The van der Waals surface area contributed by atoms with E-state index in [2.05, 4.69) is 11.8 Å². The molecule has 4 atom stereocenters. The van der Waals surface area contributed by atoms with Gasteiger partial charge in [0, 0.05) is 33.2 Å². The minimum absolute atomic E-state index is 0.187. The maximum atomic E-state index is 9.88. The van der Waals surface area contributed by atoms with Crippen LogP contribution in [0.3, 0.4) is 0 Å². The lowest BCUT2D eigenvalue weighted by atomic mass is 10.1. The highest BCUT2D eigenvalue weighted by Crippen LogP contribution is 2.36. The van der Waals surface area contributed by atoms with E-state index in [4.69, 9.17) is 18.9 Å². The van der Waals surface area contributed by atoms with Crippen molar-refractivity contribution in [2.75, 3.05) is 34.0 Å². The summed E-state index contributed by atoms with van der Waals surface area (Å²) in [4.78, 5) is 2.08. The number of aliphatic hydroxyl groups excluding tert-OH is 1. The maximum absolute atomic E-state index is 9.88. The number of hydrogen-bond donors (Lipinski definition) is 1. The Labute approximate surface area is 101 Å². The summed E-state index contributed by atoms with van der Waals surface area (Å²) in [5.74, 6) is -0.900. The molecule has 0 aromatic rings. The highest BCUT2D eigenvalue weighted by Gasteiger charge is 2.52. The number of aliphatic hydroxyl groups is 1. The van der Waals surface area contributed by atoms with Crippen molar-refractivity contribution in [1.29, 1.82) is 0 Å². The third kappa shape index (κ3) is 2.33. The number of nitrogens with zero attached hydrogens (tertiary/aromatic N) is 1. The van der Waals surface area contributed by atoms with Crippen LogP contribution in [0.15, 0.2) is 0 Å². The quantitative estimate of drug-likeness (QED) is 0.743. The molecule has 0 spiro atoms. The Hall–Kier alpha value is -0.240. The molecule has 2 saturated heterocycles. The van der Waals surface area contributed by atoms with Crippen LogP contribution < -0.4 is 0 Å². The predicted molar refractivity (Wildman–Crippen MR) is 59.2 cm³/mol. The molecular formula is C11H21NO5. The van der Waals surface area contributed by atoms with Crippen molar-refractivity contribution in [3.05, 3.63) is 0 Å². The number of morpholine rings is 1. The lowest BCUT2D eigenvalue weighted by molar-refractivity contribution is -0.340. The summed E-state index contributed by atoms with van der Waals surface area (Å²) in [6.45, 7) is 4.06. The Morgan fingerprint density at radius 1 is 1.41 bits per heavy atom. The van der Waals surface area contributed by atoms with Gasteiger partial charge in [-0.05, 0) is 6.92 Å². The van der Waals surface area contributed by atoms with Crippen molar-refractivity contribution >= 4 is 0 Å². The molecule has 2 aliphatic rings. The number of methoxy groups -OCH3 is 2. The van der Waals surface area contributed by atoms with Gasteiger partial charge >= 0.3 is 0 Å². The van der Waals surface area contributed by atoms with Crippen LogP contribution in [0.4, 0.5) is 0 Å². The smallest absolute Gasteiger partial charge is 0.235 e. The van der Waals surface area contributed by atoms with E-state index in [1.165, 1.54) is 7.11 Å². The second-order valence-corrected chi connectivity index (χ2v) is 4.53. The third-order valence-corrected chi connectivity index (χ3v) is 3.44. The summed E-state index contributed by atoms with van der Waals surface area (Å²) in [7, 11) is 3.11. The van der Waals surface area contributed by atoms with Crippen molar-refractivity contribution in [1.82, 2.24) is 4.90 Å². The summed E-state index contributed by atoms with van der Waals surface area (Å²) in [6.07, 6.45) is -0.924. The van der Waals surface area contributed by atoms with Crippen LogP contribution in [0.2, 0.25) is 0 Å². The second-order valence-electron chi connectivity index (χ2n) is 4.53. The second kappa shape index (κ2) is 5.17. The predicted octanol–water partition coefficient (Wildman–Crippen LogP) is -0.239. The van der Waals surface area contributed by atoms with E-state index in [1.54, 1.807) is 7.11 Å². The average Bonchev–Trinajstić information content (AvgIpc) is 2.67. The van der Waals surface area contributed by atoms with E-state index in [1.807, 2.05) is 0 Å². The molecule has 2 fully saturated rings. The van der Waals surface area contributed by atoms with Crippen LogP contribution in [0.5, 0.6) is 0 Å². The Bertz CT molecular complexity index is 264. The first-order valence-electron chi connectivity index (χ1n) is 5.91. The van der Waals surface area contributed by atoms with E-state index < -0.39 is 18.3 Å². The zero-order valence-electron chi connectivity index (χ0n) is 10.6. The van der Waals surface area contributed by atoms with Crippen molar-refractivity contribution in [3.63, 3.8) is 0 Å². The van der Waals surface area contributed by atoms with Crippen LogP contribution in [0, 0.1) is 0 Å². The molecule has 17 heavy (non-hydrogen) atoms. The number of ether oxygens (including phenoxy) is 4. The SMILES string of the molecule is COC1OC(OC)(N2CCOCC2C)CC1O. The topological polar surface area (TPSA) is 60.4 Å². The minimum Gasteiger partial charge on any atom is -0.388 e. The van der Waals surface area contributed by atoms with Crippen molar-refractivity contribution in [2.45, 2.75) is 37.7 Å². The summed E-state index contributed by atoms with van der Waals surface area (Å²) in [5.41, 5.74) is 0. The van der Waals surface area contributed by atoms with Gasteiger partial charge < -0.3 is 24.1 Å². The number of rotatable bonds is 3. The Balaban J connectivity index is 2.14. The van der Waals surface area contributed by atoms with E-state index in [0.29, 0.717) is 19.6 Å². The molecule has 0 amide bonds. The van der Waals surface area contributed by atoms with Gasteiger partial charge in [-0.2, -0.15) is 0 Å². The van der Waals surface area contributed by atoms with Gasteiger partial charge in [0.1, 0.15) is 6.10 Å². The van der Waals surface area contributed by atoms with Crippen molar-refractivity contribution in [3.8, 4) is 0 Å². The highest BCUT2D eigenvalue weighted by molar-refractivity contribution is 4.88. The molecule has 0 aliphatic carbocycles. The molecule has 2 aliphatic heterocycles. The van der Waals surface area contributed by atoms with Crippen LogP contribution >= 0.6 is 0 Å². The zero-order valence-corrected chi connectivity index (χ0v) is 10.6. The Morgan fingerprint density at radius 3 is 2.71 bits per heavy atom. The molecule has 2 heterocycles. The minimum atomic E-state index is -0.900. The van der Waals surface area contributed by atoms with Crippen LogP contribution in [-0.4, -0.2) is 68.3 Å². The summed E-state index contributed by atoms with van der Waals surface area (Å²) in [5, 5.41) is 9.88. The van der Waals surface area contributed by atoms with Gasteiger partial charge in [-0.15, -0.1) is 0 Å². The fraction of sp³-hybridized carbons (Fsp3) is 1.00.